The molecule has 5 nitrogen and oxygen atoms in total. The highest BCUT2D eigenvalue weighted by atomic mass is 35.5. The number of hydrogen-bond donors (Lipinski definition) is 2. The average Bonchev–Trinajstić information content (AvgIpc) is 2.48. The van der Waals surface area contributed by atoms with Gasteiger partial charge in [-0.1, -0.05) is 23.7 Å². The summed E-state index contributed by atoms with van der Waals surface area (Å²) in [5, 5.41) is 6.33. The Morgan fingerprint density at radius 1 is 1.48 bits per heavy atom. The molecule has 1 rings (SSSR count). The second-order valence-corrected chi connectivity index (χ2v) is 4.72. The number of methoxy groups -OCH3 is 1. The summed E-state index contributed by atoms with van der Waals surface area (Å²) >= 11 is 6.13. The molecule has 0 radical (unpaired) electrons. The van der Waals surface area contributed by atoms with Crippen molar-refractivity contribution < 1.29 is 14.3 Å². The molecule has 0 aliphatic heterocycles. The molecule has 0 saturated heterocycles. The first kappa shape index (κ1) is 17.5. The fourth-order valence-electron chi connectivity index (χ4n) is 1.56. The second-order valence-electron chi connectivity index (χ2n) is 4.32. The van der Waals surface area contributed by atoms with E-state index in [0.717, 1.165) is 12.1 Å². The standard InChI is InChI=1S/C15H21ClN2O3/c1-3-6-18-15(19)11-21-14-5-4-12(9-13(14)16)10-17-7-8-20-2/h3-5,9,17H,1,6-8,10-11H2,2H3,(H,18,19). The number of rotatable bonds is 10. The van der Waals surface area contributed by atoms with Crippen LogP contribution < -0.4 is 15.4 Å². The van der Waals surface area contributed by atoms with Crippen LogP contribution in [0.25, 0.3) is 0 Å². The number of benzene rings is 1. The van der Waals surface area contributed by atoms with E-state index in [9.17, 15) is 4.79 Å². The van der Waals surface area contributed by atoms with E-state index in [-0.39, 0.29) is 12.5 Å². The number of carbonyl (C=O) groups is 1. The van der Waals surface area contributed by atoms with Gasteiger partial charge in [-0.05, 0) is 17.7 Å². The topological polar surface area (TPSA) is 59.6 Å². The minimum absolute atomic E-state index is 0.0704. The van der Waals surface area contributed by atoms with Gasteiger partial charge < -0.3 is 20.1 Å². The lowest BCUT2D eigenvalue weighted by molar-refractivity contribution is -0.122. The Bertz CT molecular complexity index is 466. The first-order valence-corrected chi connectivity index (χ1v) is 7.03. The van der Waals surface area contributed by atoms with Crippen LogP contribution in [-0.2, 0) is 16.1 Å². The quantitative estimate of drug-likeness (QED) is 0.510. The Labute approximate surface area is 130 Å². The molecule has 6 heteroatoms. The van der Waals surface area contributed by atoms with Crippen LogP contribution in [0.5, 0.6) is 5.75 Å². The van der Waals surface area contributed by atoms with E-state index in [2.05, 4.69) is 17.2 Å². The molecule has 0 spiro atoms. The van der Waals surface area contributed by atoms with Gasteiger partial charge in [0.15, 0.2) is 6.61 Å². The number of halogens is 1. The number of carbonyl (C=O) groups excluding carboxylic acids is 1. The van der Waals surface area contributed by atoms with Crippen LogP contribution in [-0.4, -0.2) is 39.3 Å². The zero-order valence-electron chi connectivity index (χ0n) is 12.2. The molecular weight excluding hydrogens is 292 g/mol. The normalized spacial score (nSPS) is 10.2. The van der Waals surface area contributed by atoms with Gasteiger partial charge in [0.2, 0.25) is 0 Å². The zero-order chi connectivity index (χ0) is 15.5. The summed E-state index contributed by atoms with van der Waals surface area (Å²) in [6.07, 6.45) is 1.61. The smallest absolute Gasteiger partial charge is 0.258 e. The highest BCUT2D eigenvalue weighted by Gasteiger charge is 2.06. The third kappa shape index (κ3) is 7.13. The van der Waals surface area contributed by atoms with Crippen LogP contribution in [0.1, 0.15) is 5.56 Å². The van der Waals surface area contributed by atoms with E-state index in [1.165, 1.54) is 0 Å². The third-order valence-corrected chi connectivity index (χ3v) is 2.91. The molecule has 0 fully saturated rings. The van der Waals surface area contributed by atoms with Crippen molar-refractivity contribution >= 4 is 17.5 Å². The number of nitrogens with one attached hydrogen (secondary N) is 2. The molecule has 0 unspecified atom stereocenters. The Balaban J connectivity index is 2.42. The molecule has 1 amide bonds. The molecule has 1 aromatic rings. The van der Waals surface area contributed by atoms with E-state index < -0.39 is 0 Å². The van der Waals surface area contributed by atoms with E-state index in [1.54, 1.807) is 19.3 Å². The van der Waals surface area contributed by atoms with Gasteiger partial charge in [0, 0.05) is 26.7 Å². The van der Waals surface area contributed by atoms with Crippen LogP contribution in [0.4, 0.5) is 0 Å². The van der Waals surface area contributed by atoms with E-state index in [4.69, 9.17) is 21.1 Å². The van der Waals surface area contributed by atoms with Crippen molar-refractivity contribution in [2.45, 2.75) is 6.54 Å². The van der Waals surface area contributed by atoms with Crippen molar-refractivity contribution in [1.82, 2.24) is 10.6 Å². The average molecular weight is 313 g/mol. The van der Waals surface area contributed by atoms with Gasteiger partial charge >= 0.3 is 0 Å². The number of ether oxygens (including phenoxy) is 2. The van der Waals surface area contributed by atoms with Crippen molar-refractivity contribution in [3.63, 3.8) is 0 Å². The van der Waals surface area contributed by atoms with E-state index in [0.29, 0.717) is 30.5 Å². The lowest BCUT2D eigenvalue weighted by atomic mass is 10.2. The minimum Gasteiger partial charge on any atom is -0.482 e. The predicted octanol–water partition coefficient (Wildman–Crippen LogP) is 1.76. The summed E-state index contributed by atoms with van der Waals surface area (Å²) in [6.45, 7) is 6.00. The Hall–Kier alpha value is -1.56. The molecule has 0 aliphatic rings. The monoisotopic (exact) mass is 312 g/mol. The van der Waals surface area contributed by atoms with Gasteiger partial charge in [0.25, 0.3) is 5.91 Å². The second kappa shape index (κ2) is 10.2. The summed E-state index contributed by atoms with van der Waals surface area (Å²) in [7, 11) is 1.66. The Kier molecular flexibility index (Phi) is 8.50. The van der Waals surface area contributed by atoms with Crippen molar-refractivity contribution in [2.24, 2.45) is 0 Å². The highest BCUT2D eigenvalue weighted by molar-refractivity contribution is 6.32. The van der Waals surface area contributed by atoms with Crippen LogP contribution in [0.15, 0.2) is 30.9 Å². The molecule has 0 saturated carbocycles. The van der Waals surface area contributed by atoms with Crippen LogP contribution >= 0.6 is 11.6 Å². The molecule has 21 heavy (non-hydrogen) atoms. The molecule has 0 heterocycles. The molecule has 0 atom stereocenters. The largest absolute Gasteiger partial charge is 0.482 e. The fraction of sp³-hybridized carbons (Fsp3) is 0.400. The summed E-state index contributed by atoms with van der Waals surface area (Å²) < 4.78 is 10.3. The zero-order valence-corrected chi connectivity index (χ0v) is 12.9. The van der Waals surface area contributed by atoms with Crippen LogP contribution in [0, 0.1) is 0 Å². The van der Waals surface area contributed by atoms with Crippen LogP contribution in [0.2, 0.25) is 5.02 Å². The molecule has 0 aromatic heterocycles. The first-order valence-electron chi connectivity index (χ1n) is 6.66. The molecule has 1 aromatic carbocycles. The maximum Gasteiger partial charge on any atom is 0.258 e. The van der Waals surface area contributed by atoms with Gasteiger partial charge in [-0.3, -0.25) is 4.79 Å². The highest BCUT2D eigenvalue weighted by Crippen LogP contribution is 2.25. The van der Waals surface area contributed by atoms with Crippen molar-refractivity contribution in [3.05, 3.63) is 41.4 Å². The maximum atomic E-state index is 11.4. The SMILES string of the molecule is C=CCNC(=O)COc1ccc(CNCCOC)cc1Cl. The first-order chi connectivity index (χ1) is 10.2. The van der Waals surface area contributed by atoms with E-state index in [1.807, 2.05) is 12.1 Å². The Morgan fingerprint density at radius 3 is 2.95 bits per heavy atom. The maximum absolute atomic E-state index is 11.4. The van der Waals surface area contributed by atoms with Crippen molar-refractivity contribution in [3.8, 4) is 5.75 Å². The van der Waals surface area contributed by atoms with Gasteiger partial charge in [-0.2, -0.15) is 0 Å². The summed E-state index contributed by atoms with van der Waals surface area (Å²) in [6, 6.07) is 5.48. The molecule has 116 valence electrons. The van der Waals surface area contributed by atoms with Gasteiger partial charge in [0.1, 0.15) is 5.75 Å². The van der Waals surface area contributed by atoms with E-state index >= 15 is 0 Å². The predicted molar refractivity (Wildman–Crippen MR) is 83.7 cm³/mol. The minimum atomic E-state index is -0.212. The summed E-state index contributed by atoms with van der Waals surface area (Å²) in [5.74, 6) is 0.280. The fourth-order valence-corrected chi connectivity index (χ4v) is 1.82. The van der Waals surface area contributed by atoms with Crippen molar-refractivity contribution in [2.75, 3.05) is 33.4 Å². The molecule has 2 N–H and O–H groups in total. The van der Waals surface area contributed by atoms with Crippen LogP contribution in [0.3, 0.4) is 0 Å². The third-order valence-electron chi connectivity index (χ3n) is 2.61. The lowest BCUT2D eigenvalue weighted by Crippen LogP contribution is -2.28. The number of hydrogen-bond acceptors (Lipinski definition) is 4. The number of amides is 1. The Morgan fingerprint density at radius 2 is 2.29 bits per heavy atom. The lowest BCUT2D eigenvalue weighted by Gasteiger charge is -2.10. The van der Waals surface area contributed by atoms with Crippen molar-refractivity contribution in [1.29, 1.82) is 0 Å². The van der Waals surface area contributed by atoms with Gasteiger partial charge in [-0.25, -0.2) is 0 Å². The summed E-state index contributed by atoms with van der Waals surface area (Å²) in [5.41, 5.74) is 1.04. The molecule has 0 bridgehead atoms. The van der Waals surface area contributed by atoms with Gasteiger partial charge in [-0.15, -0.1) is 6.58 Å². The summed E-state index contributed by atoms with van der Waals surface area (Å²) in [4.78, 5) is 11.4. The van der Waals surface area contributed by atoms with Gasteiger partial charge in [0.05, 0.1) is 11.6 Å². The molecule has 0 aliphatic carbocycles. The molecular formula is C15H21ClN2O3.